The lowest BCUT2D eigenvalue weighted by Crippen LogP contribution is -2.50. The molecule has 250 valence electrons. The number of alkyl halides is 3. The van der Waals surface area contributed by atoms with E-state index in [1.54, 1.807) is 14.2 Å². The topological polar surface area (TPSA) is 142 Å². The summed E-state index contributed by atoms with van der Waals surface area (Å²) in [6.07, 6.45) is -3.06. The quantitative estimate of drug-likeness (QED) is 0.202. The molecule has 2 aromatic heterocycles. The second kappa shape index (κ2) is 12.8. The number of aromatic nitrogens is 3. The summed E-state index contributed by atoms with van der Waals surface area (Å²) in [6, 6.07) is 12.6. The molecule has 0 saturated carbocycles. The van der Waals surface area contributed by atoms with Crippen LogP contribution in [0.5, 0.6) is 11.5 Å². The van der Waals surface area contributed by atoms with E-state index in [9.17, 15) is 26.4 Å². The normalized spacial score (nSPS) is 13.9. The third-order valence-corrected chi connectivity index (χ3v) is 9.56. The van der Waals surface area contributed by atoms with Gasteiger partial charge in [-0.3, -0.25) is 4.79 Å². The number of hydrogen-bond acceptors (Lipinski definition) is 9. The lowest BCUT2D eigenvalue weighted by Gasteiger charge is -2.37. The van der Waals surface area contributed by atoms with Crippen molar-refractivity contribution in [2.75, 3.05) is 50.6 Å². The first-order valence-corrected chi connectivity index (χ1v) is 16.3. The number of rotatable bonds is 7. The Balaban J connectivity index is 1.08. The number of H-pyrrole nitrogens is 1. The number of benzene rings is 3. The largest absolute Gasteiger partial charge is 0.493 e. The van der Waals surface area contributed by atoms with Crippen LogP contribution in [0.25, 0.3) is 21.9 Å². The van der Waals surface area contributed by atoms with E-state index in [0.717, 1.165) is 34.2 Å². The second-order valence-corrected chi connectivity index (χ2v) is 12.8. The van der Waals surface area contributed by atoms with Crippen molar-refractivity contribution in [2.45, 2.75) is 11.1 Å². The van der Waals surface area contributed by atoms with Gasteiger partial charge in [-0.1, -0.05) is 0 Å². The van der Waals surface area contributed by atoms with Crippen molar-refractivity contribution >= 4 is 66.7 Å². The van der Waals surface area contributed by atoms with Crippen LogP contribution in [0.3, 0.4) is 0 Å². The molecular formula is C31H28F3N7O5S2. The number of anilines is 2. The zero-order valence-electron chi connectivity index (χ0n) is 25.5. The number of aromatic amines is 1. The number of nitrogens with one attached hydrogen (secondary N) is 3. The molecule has 3 heterocycles. The zero-order valence-corrected chi connectivity index (χ0v) is 27.1. The molecule has 1 saturated heterocycles. The number of ether oxygens (including phenoxy) is 2. The van der Waals surface area contributed by atoms with Gasteiger partial charge in [0.25, 0.3) is 15.9 Å². The van der Waals surface area contributed by atoms with Crippen molar-refractivity contribution in [3.05, 3.63) is 78.1 Å². The van der Waals surface area contributed by atoms with Gasteiger partial charge in [0.15, 0.2) is 16.6 Å². The molecule has 0 aliphatic carbocycles. The first-order chi connectivity index (χ1) is 22.9. The molecule has 1 aliphatic rings. The number of piperazine rings is 1. The van der Waals surface area contributed by atoms with Crippen LogP contribution in [-0.4, -0.2) is 79.7 Å². The molecule has 1 aliphatic heterocycles. The van der Waals surface area contributed by atoms with Gasteiger partial charge in [-0.25, -0.2) is 23.1 Å². The lowest BCUT2D eigenvalue weighted by molar-refractivity contribution is -0.137. The Morgan fingerprint density at radius 1 is 0.938 bits per heavy atom. The molecule has 17 heteroatoms. The molecule has 0 spiro atoms. The number of thiocarbonyl (C=S) groups is 1. The fourth-order valence-corrected chi connectivity index (χ4v) is 6.64. The predicted octanol–water partition coefficient (Wildman–Crippen LogP) is 4.78. The highest BCUT2D eigenvalue weighted by Gasteiger charge is 2.30. The highest BCUT2D eigenvalue weighted by atomic mass is 32.2. The van der Waals surface area contributed by atoms with Crippen molar-refractivity contribution in [3.8, 4) is 11.5 Å². The third kappa shape index (κ3) is 6.50. The van der Waals surface area contributed by atoms with Crippen molar-refractivity contribution in [1.29, 1.82) is 0 Å². The first-order valence-electron chi connectivity index (χ1n) is 14.4. The van der Waals surface area contributed by atoms with Gasteiger partial charge < -0.3 is 29.6 Å². The van der Waals surface area contributed by atoms with E-state index in [4.69, 9.17) is 21.7 Å². The maximum Gasteiger partial charge on any atom is 0.416 e. The highest BCUT2D eigenvalue weighted by Crippen LogP contribution is 2.38. The SMILES string of the molecule is COc1cc2[nH]c3ncnc(N4CCN(C(=S)Nc5ccc(S(=O)(=O)NC(=O)c6ccc(C(F)(F)F)cc6)cc5)CC4)c3c2cc1OC. The Morgan fingerprint density at radius 3 is 2.21 bits per heavy atom. The summed E-state index contributed by atoms with van der Waals surface area (Å²) >= 11 is 5.63. The molecular weight excluding hydrogens is 672 g/mol. The number of carbonyl (C=O) groups excluding carboxylic acids is 1. The van der Waals surface area contributed by atoms with Crippen LogP contribution in [0.15, 0.2) is 71.9 Å². The zero-order chi connectivity index (χ0) is 34.2. The Hall–Kier alpha value is -5.16. The Bertz CT molecular complexity index is 2120. The van der Waals surface area contributed by atoms with Crippen LogP contribution >= 0.6 is 12.2 Å². The van der Waals surface area contributed by atoms with E-state index in [0.29, 0.717) is 66.3 Å². The van der Waals surface area contributed by atoms with E-state index < -0.39 is 27.7 Å². The summed E-state index contributed by atoms with van der Waals surface area (Å²) in [5, 5.41) is 5.33. The minimum absolute atomic E-state index is 0.211. The molecule has 5 aromatic rings. The molecule has 6 rings (SSSR count). The van der Waals surface area contributed by atoms with E-state index >= 15 is 0 Å². The van der Waals surface area contributed by atoms with Gasteiger partial charge in [-0.15, -0.1) is 0 Å². The maximum absolute atomic E-state index is 12.8. The number of carbonyl (C=O) groups is 1. The molecule has 3 aromatic carbocycles. The highest BCUT2D eigenvalue weighted by molar-refractivity contribution is 7.90. The average Bonchev–Trinajstić information content (AvgIpc) is 3.45. The summed E-state index contributed by atoms with van der Waals surface area (Å²) in [5.74, 6) is 0.911. The fraction of sp³-hybridized carbons (Fsp3) is 0.226. The van der Waals surface area contributed by atoms with Crippen LogP contribution < -0.4 is 24.4 Å². The average molecular weight is 700 g/mol. The number of methoxy groups -OCH3 is 2. The molecule has 0 radical (unpaired) electrons. The van der Waals surface area contributed by atoms with Crippen LogP contribution in [0.2, 0.25) is 0 Å². The smallest absolute Gasteiger partial charge is 0.416 e. The summed E-state index contributed by atoms with van der Waals surface area (Å²) in [6.45, 7) is 2.39. The summed E-state index contributed by atoms with van der Waals surface area (Å²) in [4.78, 5) is 28.7. The molecule has 48 heavy (non-hydrogen) atoms. The molecule has 0 unspecified atom stereocenters. The van der Waals surface area contributed by atoms with E-state index in [2.05, 4.69) is 25.2 Å². The standard InChI is InChI=1S/C31H28F3N7O5S2/c1-45-24-15-22-23(16-25(24)46-2)38-27-26(22)28(36-17-35-27)40-11-13-41(14-12-40)30(47)37-20-7-9-21(10-8-20)48(43,44)39-29(42)18-3-5-19(6-4-18)31(32,33)34/h3-10,15-17H,11-14H2,1-2H3,(H,37,47)(H,39,42)(H,35,36,38). The van der Waals surface area contributed by atoms with Crippen molar-refractivity contribution in [1.82, 2.24) is 24.6 Å². The van der Waals surface area contributed by atoms with Gasteiger partial charge in [0.1, 0.15) is 17.8 Å². The van der Waals surface area contributed by atoms with E-state index in [1.807, 2.05) is 21.8 Å². The fourth-order valence-electron chi connectivity index (χ4n) is 5.37. The number of halogens is 3. The number of fused-ring (bicyclic) bond motifs is 3. The Kier molecular flexibility index (Phi) is 8.74. The maximum atomic E-state index is 12.8. The Morgan fingerprint density at radius 2 is 1.58 bits per heavy atom. The van der Waals surface area contributed by atoms with Crippen LogP contribution in [-0.2, 0) is 16.2 Å². The number of nitrogens with zero attached hydrogens (tertiary/aromatic N) is 4. The number of sulfonamides is 1. The predicted molar refractivity (Wildman–Crippen MR) is 177 cm³/mol. The van der Waals surface area contributed by atoms with Crippen molar-refractivity contribution in [2.24, 2.45) is 0 Å². The molecule has 3 N–H and O–H groups in total. The minimum Gasteiger partial charge on any atom is -0.493 e. The van der Waals surface area contributed by atoms with Gasteiger partial charge in [-0.2, -0.15) is 13.2 Å². The van der Waals surface area contributed by atoms with E-state index in [-0.39, 0.29) is 10.5 Å². The third-order valence-electron chi connectivity index (χ3n) is 7.86. The van der Waals surface area contributed by atoms with E-state index in [1.165, 1.54) is 30.6 Å². The summed E-state index contributed by atoms with van der Waals surface area (Å²) < 4.78 is 76.8. The van der Waals surface area contributed by atoms with Gasteiger partial charge in [0.2, 0.25) is 0 Å². The number of amides is 1. The van der Waals surface area contributed by atoms with Crippen molar-refractivity contribution in [3.63, 3.8) is 0 Å². The second-order valence-electron chi connectivity index (χ2n) is 10.7. The van der Waals surface area contributed by atoms with Gasteiger partial charge >= 0.3 is 6.18 Å². The molecule has 1 amide bonds. The monoisotopic (exact) mass is 699 g/mol. The van der Waals surface area contributed by atoms with Crippen LogP contribution in [0.1, 0.15) is 15.9 Å². The molecule has 0 atom stereocenters. The van der Waals surface area contributed by atoms with Gasteiger partial charge in [0, 0.05) is 48.9 Å². The first kappa shape index (κ1) is 32.8. The minimum atomic E-state index is -4.58. The summed E-state index contributed by atoms with van der Waals surface area (Å²) in [7, 11) is -1.14. The molecule has 12 nitrogen and oxygen atoms in total. The van der Waals surface area contributed by atoms with Gasteiger partial charge in [-0.05, 0) is 66.8 Å². The Labute approximate surface area is 277 Å². The lowest BCUT2D eigenvalue weighted by atomic mass is 10.1. The summed E-state index contributed by atoms with van der Waals surface area (Å²) in [5.41, 5.74) is 0.867. The van der Waals surface area contributed by atoms with Crippen LogP contribution in [0.4, 0.5) is 24.7 Å². The van der Waals surface area contributed by atoms with Crippen LogP contribution in [0, 0.1) is 0 Å². The number of hydrogen-bond donors (Lipinski definition) is 3. The molecule has 1 fully saturated rings. The van der Waals surface area contributed by atoms with Gasteiger partial charge in [0.05, 0.1) is 35.6 Å². The van der Waals surface area contributed by atoms with Crippen molar-refractivity contribution < 1.29 is 35.9 Å². The molecule has 0 bridgehead atoms.